The number of para-hydroxylation sites is 2. The Morgan fingerprint density at radius 3 is 2.17 bits per heavy atom. The standard InChI is InChI=1S/C23H31N3O4/c1-17-13-21(29-3)22(30-4)14-18(17)15-25-9-11-26(12-10-25)16-23(27)24-19-7-5-6-8-20(19)28-2/h5-8,13-14H,9-12,15-16H2,1-4H3,(H,24,27). The van der Waals surface area contributed by atoms with Gasteiger partial charge >= 0.3 is 0 Å². The van der Waals surface area contributed by atoms with Crippen molar-refractivity contribution < 1.29 is 19.0 Å². The fourth-order valence-electron chi connectivity index (χ4n) is 3.68. The third kappa shape index (κ3) is 5.43. The molecule has 2 aromatic carbocycles. The van der Waals surface area contributed by atoms with Crippen molar-refractivity contribution in [3.8, 4) is 17.2 Å². The molecule has 7 heteroatoms. The molecule has 30 heavy (non-hydrogen) atoms. The van der Waals surface area contributed by atoms with Crippen LogP contribution in [0, 0.1) is 6.92 Å². The summed E-state index contributed by atoms with van der Waals surface area (Å²) in [7, 11) is 4.91. The smallest absolute Gasteiger partial charge is 0.238 e. The van der Waals surface area contributed by atoms with Crippen LogP contribution in [0.5, 0.6) is 17.2 Å². The predicted molar refractivity (Wildman–Crippen MR) is 118 cm³/mol. The van der Waals surface area contributed by atoms with E-state index in [-0.39, 0.29) is 5.91 Å². The lowest BCUT2D eigenvalue weighted by Gasteiger charge is -2.34. The number of nitrogens with one attached hydrogen (secondary N) is 1. The predicted octanol–water partition coefficient (Wildman–Crippen LogP) is 2.78. The molecule has 0 unspecified atom stereocenters. The second kappa shape index (κ2) is 10.3. The zero-order chi connectivity index (χ0) is 21.5. The summed E-state index contributed by atoms with van der Waals surface area (Å²) in [6.07, 6.45) is 0. The molecule has 0 saturated carbocycles. The maximum atomic E-state index is 12.4. The molecule has 3 rings (SSSR count). The molecule has 7 nitrogen and oxygen atoms in total. The number of piperazine rings is 1. The molecule has 2 aromatic rings. The molecule has 0 aromatic heterocycles. The van der Waals surface area contributed by atoms with Gasteiger partial charge in [0.2, 0.25) is 5.91 Å². The SMILES string of the molecule is COc1ccccc1NC(=O)CN1CCN(Cc2cc(OC)c(OC)cc2C)CC1. The number of anilines is 1. The zero-order valence-electron chi connectivity index (χ0n) is 18.2. The van der Waals surface area contributed by atoms with E-state index in [9.17, 15) is 4.79 Å². The summed E-state index contributed by atoms with van der Waals surface area (Å²) in [6.45, 7) is 6.85. The fraction of sp³-hybridized carbons (Fsp3) is 0.435. The molecule has 1 amide bonds. The van der Waals surface area contributed by atoms with Gasteiger partial charge in [0.1, 0.15) is 5.75 Å². The van der Waals surface area contributed by atoms with Crippen molar-refractivity contribution in [1.82, 2.24) is 9.80 Å². The average Bonchev–Trinajstić information content (AvgIpc) is 2.76. The van der Waals surface area contributed by atoms with Crippen molar-refractivity contribution in [3.63, 3.8) is 0 Å². The van der Waals surface area contributed by atoms with Crippen molar-refractivity contribution in [2.75, 3.05) is 59.4 Å². The first-order valence-electron chi connectivity index (χ1n) is 10.1. The number of amides is 1. The Morgan fingerprint density at radius 2 is 1.50 bits per heavy atom. The van der Waals surface area contributed by atoms with E-state index in [1.54, 1.807) is 21.3 Å². The van der Waals surface area contributed by atoms with Crippen molar-refractivity contribution in [2.24, 2.45) is 0 Å². The highest BCUT2D eigenvalue weighted by Crippen LogP contribution is 2.31. The minimum Gasteiger partial charge on any atom is -0.495 e. The van der Waals surface area contributed by atoms with Gasteiger partial charge in [0.25, 0.3) is 0 Å². The van der Waals surface area contributed by atoms with E-state index in [1.807, 2.05) is 30.3 Å². The third-order valence-electron chi connectivity index (χ3n) is 5.45. The molecule has 1 N–H and O–H groups in total. The van der Waals surface area contributed by atoms with Crippen LogP contribution >= 0.6 is 0 Å². The second-order valence-corrected chi connectivity index (χ2v) is 7.43. The molecular formula is C23H31N3O4. The van der Waals surface area contributed by atoms with Crippen LogP contribution in [-0.2, 0) is 11.3 Å². The maximum Gasteiger partial charge on any atom is 0.238 e. The average molecular weight is 414 g/mol. The van der Waals surface area contributed by atoms with Gasteiger partial charge in [-0.15, -0.1) is 0 Å². The number of hydrogen-bond donors (Lipinski definition) is 1. The number of rotatable bonds is 8. The Kier molecular flexibility index (Phi) is 7.54. The molecule has 0 bridgehead atoms. The van der Waals surface area contributed by atoms with Gasteiger partial charge in [0, 0.05) is 32.7 Å². The van der Waals surface area contributed by atoms with Gasteiger partial charge < -0.3 is 19.5 Å². The van der Waals surface area contributed by atoms with Gasteiger partial charge in [-0.2, -0.15) is 0 Å². The highest BCUT2D eigenvalue weighted by Gasteiger charge is 2.20. The van der Waals surface area contributed by atoms with Crippen molar-refractivity contribution >= 4 is 11.6 Å². The number of carbonyl (C=O) groups excluding carboxylic acids is 1. The first-order chi connectivity index (χ1) is 14.5. The lowest BCUT2D eigenvalue weighted by molar-refractivity contribution is -0.117. The second-order valence-electron chi connectivity index (χ2n) is 7.43. The van der Waals surface area contributed by atoms with Crippen LogP contribution in [0.1, 0.15) is 11.1 Å². The molecule has 1 saturated heterocycles. The molecule has 0 aliphatic carbocycles. The molecular weight excluding hydrogens is 382 g/mol. The van der Waals surface area contributed by atoms with Crippen molar-refractivity contribution in [1.29, 1.82) is 0 Å². The minimum absolute atomic E-state index is 0.0244. The molecule has 1 fully saturated rings. The van der Waals surface area contributed by atoms with E-state index in [0.29, 0.717) is 18.0 Å². The largest absolute Gasteiger partial charge is 0.495 e. The molecule has 1 aliphatic heterocycles. The number of hydrogen-bond acceptors (Lipinski definition) is 6. The van der Waals surface area contributed by atoms with E-state index in [0.717, 1.165) is 44.2 Å². The summed E-state index contributed by atoms with van der Waals surface area (Å²) in [4.78, 5) is 17.0. The van der Waals surface area contributed by atoms with Gasteiger partial charge in [0.15, 0.2) is 11.5 Å². The van der Waals surface area contributed by atoms with Gasteiger partial charge in [-0.3, -0.25) is 14.6 Å². The van der Waals surface area contributed by atoms with E-state index in [4.69, 9.17) is 14.2 Å². The van der Waals surface area contributed by atoms with Gasteiger partial charge in [-0.05, 0) is 42.3 Å². The first-order valence-corrected chi connectivity index (χ1v) is 10.1. The van der Waals surface area contributed by atoms with E-state index >= 15 is 0 Å². The number of aryl methyl sites for hydroxylation is 1. The number of carbonyl (C=O) groups is 1. The molecule has 0 atom stereocenters. The molecule has 162 valence electrons. The highest BCUT2D eigenvalue weighted by atomic mass is 16.5. The Morgan fingerprint density at radius 1 is 0.900 bits per heavy atom. The summed E-state index contributed by atoms with van der Waals surface area (Å²) in [5.74, 6) is 2.15. The van der Waals surface area contributed by atoms with Gasteiger partial charge in [0.05, 0.1) is 33.6 Å². The number of methoxy groups -OCH3 is 3. The van der Waals surface area contributed by atoms with Crippen molar-refractivity contribution in [3.05, 3.63) is 47.5 Å². The Balaban J connectivity index is 1.51. The van der Waals surface area contributed by atoms with Crippen LogP contribution < -0.4 is 19.5 Å². The third-order valence-corrected chi connectivity index (χ3v) is 5.45. The molecule has 1 aliphatic rings. The monoisotopic (exact) mass is 413 g/mol. The molecule has 1 heterocycles. The first kappa shape index (κ1) is 21.9. The number of nitrogens with zero attached hydrogens (tertiary/aromatic N) is 2. The summed E-state index contributed by atoms with van der Waals surface area (Å²) in [5.41, 5.74) is 3.12. The highest BCUT2D eigenvalue weighted by molar-refractivity contribution is 5.93. The lowest BCUT2D eigenvalue weighted by atomic mass is 10.1. The number of benzene rings is 2. The Bertz CT molecular complexity index is 864. The van der Waals surface area contributed by atoms with E-state index < -0.39 is 0 Å². The summed E-state index contributed by atoms with van der Waals surface area (Å²) >= 11 is 0. The van der Waals surface area contributed by atoms with Crippen LogP contribution in [0.15, 0.2) is 36.4 Å². The number of ether oxygens (including phenoxy) is 3. The Labute approximate surface area is 178 Å². The summed E-state index contributed by atoms with van der Waals surface area (Å²) < 4.78 is 16.1. The van der Waals surface area contributed by atoms with Crippen LogP contribution in [0.2, 0.25) is 0 Å². The van der Waals surface area contributed by atoms with Crippen LogP contribution in [0.3, 0.4) is 0 Å². The van der Waals surface area contributed by atoms with Gasteiger partial charge in [-0.1, -0.05) is 12.1 Å². The topological polar surface area (TPSA) is 63.3 Å². The Hall–Kier alpha value is -2.77. The molecule has 0 spiro atoms. The van der Waals surface area contributed by atoms with Crippen LogP contribution in [-0.4, -0.2) is 69.8 Å². The lowest BCUT2D eigenvalue weighted by Crippen LogP contribution is -2.48. The maximum absolute atomic E-state index is 12.4. The van der Waals surface area contributed by atoms with Crippen LogP contribution in [0.4, 0.5) is 5.69 Å². The summed E-state index contributed by atoms with van der Waals surface area (Å²) in [6, 6.07) is 11.5. The van der Waals surface area contributed by atoms with E-state index in [1.165, 1.54) is 11.1 Å². The fourth-order valence-corrected chi connectivity index (χ4v) is 3.68. The summed E-state index contributed by atoms with van der Waals surface area (Å²) in [5, 5.41) is 2.95. The van der Waals surface area contributed by atoms with Crippen LogP contribution in [0.25, 0.3) is 0 Å². The van der Waals surface area contributed by atoms with Crippen molar-refractivity contribution in [2.45, 2.75) is 13.5 Å². The zero-order valence-corrected chi connectivity index (χ0v) is 18.2. The van der Waals surface area contributed by atoms with Gasteiger partial charge in [-0.25, -0.2) is 0 Å². The minimum atomic E-state index is -0.0244. The van der Waals surface area contributed by atoms with E-state index in [2.05, 4.69) is 28.1 Å². The molecule has 0 radical (unpaired) electrons. The normalized spacial score (nSPS) is 14.9. The quantitative estimate of drug-likeness (QED) is 0.718.